The molecule has 23 heavy (non-hydrogen) atoms. The Morgan fingerprint density at radius 2 is 1.96 bits per heavy atom. The SMILES string of the molecule is CCCCN(CCO)C(=O)Nc1cc(C(=O)NCC)ccc1C. The Hall–Kier alpha value is -2.08. The topological polar surface area (TPSA) is 81.7 Å². The van der Waals surface area contributed by atoms with Gasteiger partial charge in [-0.25, -0.2) is 4.79 Å². The summed E-state index contributed by atoms with van der Waals surface area (Å²) < 4.78 is 0. The van der Waals surface area contributed by atoms with Crippen molar-refractivity contribution in [2.24, 2.45) is 0 Å². The van der Waals surface area contributed by atoms with Crippen LogP contribution in [-0.4, -0.2) is 48.2 Å². The number of aliphatic hydroxyl groups is 1. The van der Waals surface area contributed by atoms with Crippen LogP contribution in [0.5, 0.6) is 0 Å². The number of aliphatic hydroxyl groups excluding tert-OH is 1. The van der Waals surface area contributed by atoms with Gasteiger partial charge in [-0.15, -0.1) is 0 Å². The Morgan fingerprint density at radius 3 is 2.57 bits per heavy atom. The molecule has 0 saturated heterocycles. The lowest BCUT2D eigenvalue weighted by molar-refractivity contribution is 0.0956. The van der Waals surface area contributed by atoms with Crippen molar-refractivity contribution in [2.75, 3.05) is 31.6 Å². The quantitative estimate of drug-likeness (QED) is 0.687. The van der Waals surface area contributed by atoms with E-state index in [-0.39, 0.29) is 18.5 Å². The van der Waals surface area contributed by atoms with Gasteiger partial charge in [-0.05, 0) is 38.0 Å². The Morgan fingerprint density at radius 1 is 1.22 bits per heavy atom. The normalized spacial score (nSPS) is 10.3. The molecule has 3 N–H and O–H groups in total. The van der Waals surface area contributed by atoms with E-state index in [0.29, 0.717) is 30.9 Å². The molecule has 1 rings (SSSR count). The summed E-state index contributed by atoms with van der Waals surface area (Å²) in [5, 5.41) is 14.7. The van der Waals surface area contributed by atoms with Gasteiger partial charge in [0.15, 0.2) is 0 Å². The number of nitrogens with one attached hydrogen (secondary N) is 2. The van der Waals surface area contributed by atoms with E-state index >= 15 is 0 Å². The van der Waals surface area contributed by atoms with Crippen LogP contribution < -0.4 is 10.6 Å². The van der Waals surface area contributed by atoms with E-state index in [0.717, 1.165) is 18.4 Å². The maximum atomic E-state index is 12.4. The summed E-state index contributed by atoms with van der Waals surface area (Å²) in [6.45, 7) is 7.15. The van der Waals surface area contributed by atoms with Gasteiger partial charge < -0.3 is 20.6 Å². The zero-order valence-corrected chi connectivity index (χ0v) is 14.2. The summed E-state index contributed by atoms with van der Waals surface area (Å²) in [7, 11) is 0. The number of hydrogen-bond donors (Lipinski definition) is 3. The zero-order valence-electron chi connectivity index (χ0n) is 14.2. The summed E-state index contributed by atoms with van der Waals surface area (Å²) in [6.07, 6.45) is 1.85. The second-order valence-corrected chi connectivity index (χ2v) is 5.38. The van der Waals surface area contributed by atoms with Crippen LogP contribution >= 0.6 is 0 Å². The fourth-order valence-corrected chi connectivity index (χ4v) is 2.14. The molecule has 0 fully saturated rings. The lowest BCUT2D eigenvalue weighted by Crippen LogP contribution is -2.38. The first-order chi connectivity index (χ1) is 11.0. The zero-order chi connectivity index (χ0) is 17.2. The molecular formula is C17H27N3O3. The summed E-state index contributed by atoms with van der Waals surface area (Å²) in [5.74, 6) is -0.166. The molecule has 0 aliphatic carbocycles. The van der Waals surface area contributed by atoms with Crippen molar-refractivity contribution in [2.45, 2.75) is 33.6 Å². The maximum absolute atomic E-state index is 12.4. The van der Waals surface area contributed by atoms with Crippen LogP contribution in [0.25, 0.3) is 0 Å². The number of carbonyl (C=O) groups excluding carboxylic acids is 2. The van der Waals surface area contributed by atoms with Crippen LogP contribution in [0.15, 0.2) is 18.2 Å². The molecule has 1 aromatic carbocycles. The van der Waals surface area contributed by atoms with Gasteiger partial charge in [-0.3, -0.25) is 4.79 Å². The summed E-state index contributed by atoms with van der Waals surface area (Å²) in [5.41, 5.74) is 2.00. The van der Waals surface area contributed by atoms with Crippen molar-refractivity contribution in [3.05, 3.63) is 29.3 Å². The van der Waals surface area contributed by atoms with Gasteiger partial charge in [0.05, 0.1) is 6.61 Å². The number of nitrogens with zero attached hydrogens (tertiary/aromatic N) is 1. The number of anilines is 1. The lowest BCUT2D eigenvalue weighted by atomic mass is 10.1. The third-order valence-corrected chi connectivity index (χ3v) is 3.52. The highest BCUT2D eigenvalue weighted by molar-refractivity contribution is 5.97. The van der Waals surface area contributed by atoms with E-state index in [2.05, 4.69) is 17.6 Å². The molecule has 6 heteroatoms. The predicted octanol–water partition coefficient (Wildman–Crippen LogP) is 2.37. The molecule has 1 aromatic rings. The Bertz CT molecular complexity index is 532. The highest BCUT2D eigenvalue weighted by atomic mass is 16.3. The molecule has 128 valence electrons. The molecule has 0 aliphatic rings. The number of hydrogen-bond acceptors (Lipinski definition) is 3. The monoisotopic (exact) mass is 321 g/mol. The van der Waals surface area contributed by atoms with Crippen molar-refractivity contribution in [3.8, 4) is 0 Å². The van der Waals surface area contributed by atoms with E-state index in [9.17, 15) is 9.59 Å². The van der Waals surface area contributed by atoms with Crippen LogP contribution in [0, 0.1) is 6.92 Å². The van der Waals surface area contributed by atoms with E-state index < -0.39 is 0 Å². The highest BCUT2D eigenvalue weighted by Gasteiger charge is 2.15. The molecule has 6 nitrogen and oxygen atoms in total. The fraction of sp³-hybridized carbons (Fsp3) is 0.529. The molecular weight excluding hydrogens is 294 g/mol. The molecule has 0 saturated carbocycles. The number of rotatable bonds is 8. The standard InChI is InChI=1S/C17H27N3O3/c1-4-6-9-20(10-11-21)17(23)19-15-12-14(8-7-13(15)3)16(22)18-5-2/h7-8,12,21H,4-6,9-11H2,1-3H3,(H,18,22)(H,19,23). The predicted molar refractivity (Wildman–Crippen MR) is 91.8 cm³/mol. The van der Waals surface area contributed by atoms with Crippen LogP contribution in [0.4, 0.5) is 10.5 Å². The third-order valence-electron chi connectivity index (χ3n) is 3.52. The van der Waals surface area contributed by atoms with Gasteiger partial charge in [0.1, 0.15) is 0 Å². The second kappa shape index (κ2) is 9.84. The first kappa shape index (κ1) is 19.0. The van der Waals surface area contributed by atoms with Crippen molar-refractivity contribution < 1.29 is 14.7 Å². The van der Waals surface area contributed by atoms with Crippen LogP contribution in [-0.2, 0) is 0 Å². The van der Waals surface area contributed by atoms with E-state index in [1.54, 1.807) is 17.0 Å². The van der Waals surface area contributed by atoms with Gasteiger partial charge >= 0.3 is 6.03 Å². The summed E-state index contributed by atoms with van der Waals surface area (Å²) in [6, 6.07) is 4.96. The number of amides is 3. The van der Waals surface area contributed by atoms with E-state index in [4.69, 9.17) is 5.11 Å². The van der Waals surface area contributed by atoms with Crippen LogP contribution in [0.3, 0.4) is 0 Å². The van der Waals surface area contributed by atoms with Crippen molar-refractivity contribution >= 4 is 17.6 Å². The fourth-order valence-electron chi connectivity index (χ4n) is 2.14. The summed E-state index contributed by atoms with van der Waals surface area (Å²) >= 11 is 0. The molecule has 0 aliphatic heterocycles. The molecule has 0 unspecified atom stereocenters. The van der Waals surface area contributed by atoms with Gasteiger partial charge in [0, 0.05) is 30.9 Å². The number of unbranched alkanes of at least 4 members (excludes halogenated alkanes) is 1. The molecule has 0 atom stereocenters. The summed E-state index contributed by atoms with van der Waals surface area (Å²) in [4.78, 5) is 25.9. The first-order valence-corrected chi connectivity index (χ1v) is 8.09. The molecule has 3 amide bonds. The van der Waals surface area contributed by atoms with Gasteiger partial charge in [0.2, 0.25) is 0 Å². The minimum absolute atomic E-state index is 0.0743. The number of carbonyl (C=O) groups is 2. The average Bonchev–Trinajstić information content (AvgIpc) is 2.53. The van der Waals surface area contributed by atoms with Gasteiger partial charge in [-0.2, -0.15) is 0 Å². The number of aryl methyl sites for hydroxylation is 1. The number of benzene rings is 1. The van der Waals surface area contributed by atoms with E-state index in [1.807, 2.05) is 19.9 Å². The minimum Gasteiger partial charge on any atom is -0.395 e. The second-order valence-electron chi connectivity index (χ2n) is 5.38. The Balaban J connectivity index is 2.86. The molecule has 0 spiro atoms. The van der Waals surface area contributed by atoms with E-state index in [1.165, 1.54) is 0 Å². The molecule has 0 heterocycles. The van der Waals surface area contributed by atoms with Gasteiger partial charge in [0.25, 0.3) is 5.91 Å². The van der Waals surface area contributed by atoms with Gasteiger partial charge in [-0.1, -0.05) is 19.4 Å². The molecule has 0 radical (unpaired) electrons. The lowest BCUT2D eigenvalue weighted by Gasteiger charge is -2.22. The average molecular weight is 321 g/mol. The smallest absolute Gasteiger partial charge is 0.321 e. The van der Waals surface area contributed by atoms with Crippen molar-refractivity contribution in [3.63, 3.8) is 0 Å². The van der Waals surface area contributed by atoms with Crippen LogP contribution in [0.1, 0.15) is 42.6 Å². The Kier molecular flexibility index (Phi) is 8.11. The number of urea groups is 1. The molecule has 0 bridgehead atoms. The highest BCUT2D eigenvalue weighted by Crippen LogP contribution is 2.17. The molecule has 0 aromatic heterocycles. The third kappa shape index (κ3) is 5.90. The maximum Gasteiger partial charge on any atom is 0.321 e. The minimum atomic E-state index is -0.261. The van der Waals surface area contributed by atoms with Crippen LogP contribution in [0.2, 0.25) is 0 Å². The van der Waals surface area contributed by atoms with Crippen molar-refractivity contribution in [1.82, 2.24) is 10.2 Å². The largest absolute Gasteiger partial charge is 0.395 e. The van der Waals surface area contributed by atoms with Crippen molar-refractivity contribution in [1.29, 1.82) is 0 Å². The first-order valence-electron chi connectivity index (χ1n) is 8.09. The Labute approximate surface area is 137 Å².